The van der Waals surface area contributed by atoms with Gasteiger partial charge in [0.15, 0.2) is 23.0 Å². The van der Waals surface area contributed by atoms with Gasteiger partial charge in [0, 0.05) is 0 Å². The maximum atomic E-state index is 9.91. The number of rotatable bonds is 4. The standard InChI is InChI=1S/C14H14O6S/c1-19-7-3-5-9(13(17)11(7)15)21-10-6-4-8(20-2)12(16)14(10)18/h3-6,15-18H,1-2H3. The van der Waals surface area contributed by atoms with Crippen molar-refractivity contribution >= 4 is 11.8 Å². The van der Waals surface area contributed by atoms with E-state index >= 15 is 0 Å². The fraction of sp³-hybridized carbons (Fsp3) is 0.143. The van der Waals surface area contributed by atoms with Crippen LogP contribution in [0.3, 0.4) is 0 Å². The molecule has 112 valence electrons. The molecule has 2 aromatic rings. The van der Waals surface area contributed by atoms with Crippen molar-refractivity contribution in [3.8, 4) is 34.5 Å². The molecule has 0 saturated heterocycles. The van der Waals surface area contributed by atoms with Gasteiger partial charge < -0.3 is 29.9 Å². The van der Waals surface area contributed by atoms with Crippen LogP contribution in [0.1, 0.15) is 0 Å². The minimum absolute atomic E-state index is 0.138. The molecular formula is C14H14O6S. The lowest BCUT2D eigenvalue weighted by Crippen LogP contribution is -1.87. The molecule has 0 aliphatic carbocycles. The lowest BCUT2D eigenvalue weighted by molar-refractivity contribution is 0.345. The van der Waals surface area contributed by atoms with Crippen molar-refractivity contribution < 1.29 is 29.9 Å². The summed E-state index contributed by atoms with van der Waals surface area (Å²) in [5, 5.41) is 39.3. The summed E-state index contributed by atoms with van der Waals surface area (Å²) in [5.74, 6) is -1.24. The summed E-state index contributed by atoms with van der Waals surface area (Å²) in [4.78, 5) is 0.598. The van der Waals surface area contributed by atoms with Crippen molar-refractivity contribution in [1.82, 2.24) is 0 Å². The van der Waals surface area contributed by atoms with Crippen LogP contribution in [0.2, 0.25) is 0 Å². The van der Waals surface area contributed by atoms with E-state index in [1.54, 1.807) is 0 Å². The monoisotopic (exact) mass is 310 g/mol. The highest BCUT2D eigenvalue weighted by molar-refractivity contribution is 7.99. The predicted octanol–water partition coefficient (Wildman–Crippen LogP) is 2.68. The Hall–Kier alpha value is -2.41. The van der Waals surface area contributed by atoms with Crippen molar-refractivity contribution in [2.75, 3.05) is 14.2 Å². The third kappa shape index (κ3) is 2.73. The summed E-state index contributed by atoms with van der Waals surface area (Å²) < 4.78 is 9.76. The van der Waals surface area contributed by atoms with E-state index in [1.807, 2.05) is 0 Å². The van der Waals surface area contributed by atoms with Crippen LogP contribution in [0.4, 0.5) is 0 Å². The van der Waals surface area contributed by atoms with Crippen LogP contribution in [-0.4, -0.2) is 34.6 Å². The zero-order valence-corrected chi connectivity index (χ0v) is 12.1. The summed E-state index contributed by atoms with van der Waals surface area (Å²) in [6.45, 7) is 0. The van der Waals surface area contributed by atoms with Gasteiger partial charge in [-0.3, -0.25) is 0 Å². The maximum absolute atomic E-state index is 9.91. The van der Waals surface area contributed by atoms with Crippen molar-refractivity contribution in [3.63, 3.8) is 0 Å². The van der Waals surface area contributed by atoms with E-state index in [0.717, 1.165) is 11.8 Å². The van der Waals surface area contributed by atoms with Gasteiger partial charge in [0.1, 0.15) is 0 Å². The molecule has 0 spiro atoms. The summed E-state index contributed by atoms with van der Waals surface area (Å²) in [6, 6.07) is 6.02. The Balaban J connectivity index is 2.39. The zero-order chi connectivity index (χ0) is 15.6. The summed E-state index contributed by atoms with van der Waals surface area (Å²) in [6.07, 6.45) is 0. The number of hydrogen-bond acceptors (Lipinski definition) is 7. The van der Waals surface area contributed by atoms with Crippen LogP contribution >= 0.6 is 11.8 Å². The average molecular weight is 310 g/mol. The molecular weight excluding hydrogens is 296 g/mol. The Morgan fingerprint density at radius 3 is 1.38 bits per heavy atom. The van der Waals surface area contributed by atoms with Gasteiger partial charge in [-0.25, -0.2) is 0 Å². The molecule has 7 heteroatoms. The molecule has 6 nitrogen and oxygen atoms in total. The molecule has 21 heavy (non-hydrogen) atoms. The van der Waals surface area contributed by atoms with Gasteiger partial charge in [0.25, 0.3) is 0 Å². The molecule has 0 radical (unpaired) electrons. The second kappa shape index (κ2) is 5.92. The van der Waals surface area contributed by atoms with E-state index < -0.39 is 0 Å². The van der Waals surface area contributed by atoms with Crippen molar-refractivity contribution in [2.45, 2.75) is 9.79 Å². The van der Waals surface area contributed by atoms with Crippen molar-refractivity contribution in [2.24, 2.45) is 0 Å². The Morgan fingerprint density at radius 1 is 0.667 bits per heavy atom. The first-order valence-corrected chi connectivity index (χ1v) is 6.67. The number of phenols is 4. The van der Waals surface area contributed by atoms with E-state index in [2.05, 4.69) is 0 Å². The van der Waals surface area contributed by atoms with Crippen LogP contribution in [0, 0.1) is 0 Å². The van der Waals surface area contributed by atoms with Crippen molar-refractivity contribution in [1.29, 1.82) is 0 Å². The second-order valence-electron chi connectivity index (χ2n) is 4.03. The minimum atomic E-state index is -0.389. The number of benzene rings is 2. The first-order chi connectivity index (χ1) is 9.99. The fourth-order valence-corrected chi connectivity index (χ4v) is 2.59. The van der Waals surface area contributed by atoms with E-state index in [-0.39, 0.29) is 34.5 Å². The number of aromatic hydroxyl groups is 4. The maximum Gasteiger partial charge on any atom is 0.201 e. The topological polar surface area (TPSA) is 99.4 Å². The smallest absolute Gasteiger partial charge is 0.201 e. The molecule has 2 aromatic carbocycles. The van der Waals surface area contributed by atoms with E-state index in [4.69, 9.17) is 9.47 Å². The molecule has 0 aliphatic rings. The van der Waals surface area contributed by atoms with Crippen LogP contribution in [-0.2, 0) is 0 Å². The second-order valence-corrected chi connectivity index (χ2v) is 5.11. The molecule has 4 N–H and O–H groups in total. The molecule has 0 atom stereocenters. The van der Waals surface area contributed by atoms with Crippen molar-refractivity contribution in [3.05, 3.63) is 24.3 Å². The number of methoxy groups -OCH3 is 2. The number of hydrogen-bond donors (Lipinski definition) is 4. The third-order valence-corrected chi connectivity index (χ3v) is 3.91. The van der Waals surface area contributed by atoms with Crippen LogP contribution in [0.5, 0.6) is 34.5 Å². The molecule has 0 unspecified atom stereocenters. The largest absolute Gasteiger partial charge is 0.503 e. The van der Waals surface area contributed by atoms with Crippen LogP contribution in [0.15, 0.2) is 34.1 Å². The third-order valence-electron chi connectivity index (χ3n) is 2.81. The molecule has 0 amide bonds. The lowest BCUT2D eigenvalue weighted by Gasteiger charge is -2.12. The number of ether oxygens (including phenoxy) is 2. The minimum Gasteiger partial charge on any atom is -0.503 e. The zero-order valence-electron chi connectivity index (χ0n) is 11.3. The van der Waals surface area contributed by atoms with Gasteiger partial charge in [-0.2, -0.15) is 0 Å². The van der Waals surface area contributed by atoms with Gasteiger partial charge in [-0.1, -0.05) is 11.8 Å². The van der Waals surface area contributed by atoms with Gasteiger partial charge in [-0.05, 0) is 24.3 Å². The first kappa shape index (κ1) is 15.0. The molecule has 0 fully saturated rings. The van der Waals surface area contributed by atoms with Gasteiger partial charge in [0.2, 0.25) is 11.5 Å². The van der Waals surface area contributed by atoms with Gasteiger partial charge in [-0.15, -0.1) is 0 Å². The highest BCUT2D eigenvalue weighted by atomic mass is 32.2. The number of phenolic OH excluding ortho intramolecular Hbond substituents is 4. The quantitative estimate of drug-likeness (QED) is 0.644. The highest BCUT2D eigenvalue weighted by Gasteiger charge is 2.17. The van der Waals surface area contributed by atoms with Gasteiger partial charge in [0.05, 0.1) is 24.0 Å². The summed E-state index contributed by atoms with van der Waals surface area (Å²) in [7, 11) is 2.74. The normalized spacial score (nSPS) is 10.4. The molecule has 0 aliphatic heterocycles. The Bertz CT molecular complexity index is 613. The van der Waals surface area contributed by atoms with E-state index in [9.17, 15) is 20.4 Å². The molecule has 2 rings (SSSR count). The summed E-state index contributed by atoms with van der Waals surface area (Å²) >= 11 is 0.976. The Morgan fingerprint density at radius 2 is 1.05 bits per heavy atom. The van der Waals surface area contributed by atoms with Crippen LogP contribution in [0.25, 0.3) is 0 Å². The van der Waals surface area contributed by atoms with E-state index in [0.29, 0.717) is 9.79 Å². The lowest BCUT2D eigenvalue weighted by atomic mass is 10.3. The summed E-state index contributed by atoms with van der Waals surface area (Å²) in [5.41, 5.74) is 0. The SMILES string of the molecule is COc1ccc(Sc2ccc(OC)c(O)c2O)c(O)c1O. The van der Waals surface area contributed by atoms with Gasteiger partial charge >= 0.3 is 0 Å². The molecule has 0 aromatic heterocycles. The fourth-order valence-electron chi connectivity index (χ4n) is 1.70. The van der Waals surface area contributed by atoms with Crippen LogP contribution < -0.4 is 9.47 Å². The predicted molar refractivity (Wildman–Crippen MR) is 76.8 cm³/mol. The van der Waals surface area contributed by atoms with E-state index in [1.165, 1.54) is 38.5 Å². The average Bonchev–Trinajstić information content (AvgIpc) is 2.49. The first-order valence-electron chi connectivity index (χ1n) is 5.85. The highest BCUT2D eigenvalue weighted by Crippen LogP contribution is 2.49. The molecule has 0 bridgehead atoms. The Labute approximate surface area is 125 Å². The Kier molecular flexibility index (Phi) is 4.23. The molecule has 0 heterocycles. The molecule has 0 saturated carbocycles.